The summed E-state index contributed by atoms with van der Waals surface area (Å²) in [5, 5.41) is 8.24. The van der Waals surface area contributed by atoms with Crippen LogP contribution in [-0.2, 0) is 20.8 Å². The normalized spacial score (nSPS) is 12.8. The van der Waals surface area contributed by atoms with Gasteiger partial charge in [-0.05, 0) is 62.8 Å². The first-order valence-corrected chi connectivity index (χ1v) is 13.0. The zero-order valence-electron chi connectivity index (χ0n) is 22.1. The minimum Gasteiger partial charge on any atom is -0.370 e. The van der Waals surface area contributed by atoms with Gasteiger partial charge in [-0.1, -0.05) is 48.5 Å². The van der Waals surface area contributed by atoms with Gasteiger partial charge >= 0.3 is 0 Å². The minimum absolute atomic E-state index is 0.0764. The number of unbranched alkanes of at least 4 members (excludes halogenated alkanes) is 1. The van der Waals surface area contributed by atoms with Crippen LogP contribution in [0.5, 0.6) is 0 Å². The van der Waals surface area contributed by atoms with Crippen molar-refractivity contribution in [2.45, 2.75) is 56.7 Å². The van der Waals surface area contributed by atoms with Gasteiger partial charge in [0.2, 0.25) is 11.8 Å². The number of aldehydes is 1. The van der Waals surface area contributed by atoms with Crippen molar-refractivity contribution in [3.8, 4) is 0 Å². The fourth-order valence-electron chi connectivity index (χ4n) is 3.92. The molecule has 0 fully saturated rings. The first kappa shape index (κ1) is 31.0. The van der Waals surface area contributed by atoms with Crippen LogP contribution < -0.4 is 33.2 Å². The Hall–Kier alpha value is -4.25. The Morgan fingerprint density at radius 2 is 1.38 bits per heavy atom. The number of hydrogen-bond donors (Lipinski definition) is 6. The quantitative estimate of drug-likeness (QED) is 0.0726. The van der Waals surface area contributed by atoms with Gasteiger partial charge in [0, 0.05) is 12.1 Å². The summed E-state index contributed by atoms with van der Waals surface area (Å²) in [7, 11) is 0. The third-order valence-corrected chi connectivity index (χ3v) is 5.97. The Kier molecular flexibility index (Phi) is 13.7. The number of amides is 3. The summed E-state index contributed by atoms with van der Waals surface area (Å²) in [4.78, 5) is 55.0. The lowest BCUT2D eigenvalue weighted by molar-refractivity contribution is -0.131. The monoisotopic (exact) mass is 537 g/mol. The van der Waals surface area contributed by atoms with E-state index in [-0.39, 0.29) is 18.9 Å². The van der Waals surface area contributed by atoms with E-state index >= 15 is 0 Å². The van der Waals surface area contributed by atoms with Crippen LogP contribution in [-0.4, -0.2) is 61.2 Å². The number of guanidine groups is 1. The van der Waals surface area contributed by atoms with Crippen molar-refractivity contribution in [3.05, 3.63) is 71.8 Å². The lowest BCUT2D eigenvalue weighted by Gasteiger charge is -2.24. The molecule has 0 saturated heterocycles. The van der Waals surface area contributed by atoms with E-state index in [2.05, 4.69) is 20.9 Å². The van der Waals surface area contributed by atoms with Crippen LogP contribution in [0.3, 0.4) is 0 Å². The molecule has 2 aromatic carbocycles. The third kappa shape index (κ3) is 11.8. The van der Waals surface area contributed by atoms with E-state index in [1.165, 1.54) is 0 Å². The number of nitrogens with two attached hydrogens (primary N) is 3. The Morgan fingerprint density at radius 3 is 2.00 bits per heavy atom. The van der Waals surface area contributed by atoms with Crippen LogP contribution in [0.1, 0.15) is 48.0 Å². The number of carbonyl (C=O) groups excluding carboxylic acids is 4. The second-order valence-corrected chi connectivity index (χ2v) is 9.13. The summed E-state index contributed by atoms with van der Waals surface area (Å²) in [6.45, 7) is 0.707. The van der Waals surface area contributed by atoms with Gasteiger partial charge in [-0.3, -0.25) is 19.4 Å². The molecule has 3 amide bonds. The molecule has 0 aliphatic carbocycles. The molecule has 0 aliphatic rings. The maximum Gasteiger partial charge on any atom is 0.251 e. The first-order chi connectivity index (χ1) is 18.8. The molecule has 0 spiro atoms. The summed E-state index contributed by atoms with van der Waals surface area (Å²) in [5.74, 6) is -1.51. The standard InChI is InChI=1S/C28H39N7O4/c29-16-8-7-14-23(34-25(37)21-12-5-2-6-13-21)27(39)35-24(15-9-17-32-28(30)31)26(38)33-22(19-36)18-20-10-3-1-4-11-20/h1-6,10-13,19,22-24H,7-9,14-18,29H2,(H,33,38)(H,34,37)(H,35,39)(H4,30,31,32)/t22-,23-,24-/m0/s1. The molecule has 2 aromatic rings. The number of aliphatic imine (C=N–C) groups is 1. The zero-order valence-corrected chi connectivity index (χ0v) is 22.1. The summed E-state index contributed by atoms with van der Waals surface area (Å²) in [6, 6.07) is 15.2. The van der Waals surface area contributed by atoms with Crippen molar-refractivity contribution < 1.29 is 19.2 Å². The molecule has 2 rings (SSSR count). The highest BCUT2D eigenvalue weighted by Crippen LogP contribution is 2.08. The highest BCUT2D eigenvalue weighted by Gasteiger charge is 2.28. The molecule has 11 nitrogen and oxygen atoms in total. The number of benzene rings is 2. The lowest BCUT2D eigenvalue weighted by Crippen LogP contribution is -2.55. The highest BCUT2D eigenvalue weighted by molar-refractivity contribution is 5.98. The molecule has 0 bridgehead atoms. The highest BCUT2D eigenvalue weighted by atomic mass is 16.2. The second kappa shape index (κ2) is 17.3. The van der Waals surface area contributed by atoms with Crippen LogP contribution in [0.15, 0.2) is 65.7 Å². The van der Waals surface area contributed by atoms with Gasteiger partial charge in [-0.15, -0.1) is 0 Å². The van der Waals surface area contributed by atoms with Crippen molar-refractivity contribution in [2.24, 2.45) is 22.2 Å². The van der Waals surface area contributed by atoms with Crippen molar-refractivity contribution in [1.82, 2.24) is 16.0 Å². The van der Waals surface area contributed by atoms with E-state index in [1.54, 1.807) is 30.3 Å². The van der Waals surface area contributed by atoms with Gasteiger partial charge in [0.15, 0.2) is 5.96 Å². The smallest absolute Gasteiger partial charge is 0.251 e. The van der Waals surface area contributed by atoms with Gasteiger partial charge < -0.3 is 37.9 Å². The molecule has 0 unspecified atom stereocenters. The molecule has 0 heterocycles. The molecular formula is C28H39N7O4. The zero-order chi connectivity index (χ0) is 28.5. The van der Waals surface area contributed by atoms with Crippen molar-refractivity contribution in [1.29, 1.82) is 0 Å². The van der Waals surface area contributed by atoms with Gasteiger partial charge in [-0.2, -0.15) is 0 Å². The molecule has 0 aliphatic heterocycles. The summed E-state index contributed by atoms with van der Waals surface area (Å²) in [6.07, 6.45) is 3.21. The molecular weight excluding hydrogens is 498 g/mol. The number of nitrogens with zero attached hydrogens (tertiary/aromatic N) is 1. The largest absolute Gasteiger partial charge is 0.370 e. The van der Waals surface area contributed by atoms with E-state index in [9.17, 15) is 19.2 Å². The van der Waals surface area contributed by atoms with Crippen LogP contribution in [0.25, 0.3) is 0 Å². The number of nitrogens with one attached hydrogen (secondary N) is 3. The molecule has 0 saturated carbocycles. The molecule has 11 heteroatoms. The Morgan fingerprint density at radius 1 is 0.795 bits per heavy atom. The summed E-state index contributed by atoms with van der Waals surface area (Å²) < 4.78 is 0. The number of rotatable bonds is 17. The molecule has 39 heavy (non-hydrogen) atoms. The van der Waals surface area contributed by atoms with Crippen LogP contribution in [0, 0.1) is 0 Å². The van der Waals surface area contributed by atoms with Gasteiger partial charge in [-0.25, -0.2) is 0 Å². The molecule has 9 N–H and O–H groups in total. The third-order valence-electron chi connectivity index (χ3n) is 5.97. The first-order valence-electron chi connectivity index (χ1n) is 13.0. The number of hydrogen-bond acceptors (Lipinski definition) is 6. The lowest BCUT2D eigenvalue weighted by atomic mass is 10.0. The summed E-state index contributed by atoms with van der Waals surface area (Å²) >= 11 is 0. The predicted molar refractivity (Wildman–Crippen MR) is 151 cm³/mol. The number of carbonyl (C=O) groups is 4. The Bertz CT molecular complexity index is 1080. The topological polar surface area (TPSA) is 195 Å². The van der Waals surface area contributed by atoms with Crippen LogP contribution in [0.2, 0.25) is 0 Å². The van der Waals surface area contributed by atoms with Crippen molar-refractivity contribution >= 4 is 30.0 Å². The summed E-state index contributed by atoms with van der Waals surface area (Å²) in [5.41, 5.74) is 17.7. The molecule has 0 radical (unpaired) electrons. The van der Waals surface area contributed by atoms with Gasteiger partial charge in [0.1, 0.15) is 18.4 Å². The minimum atomic E-state index is -0.976. The van der Waals surface area contributed by atoms with E-state index in [1.807, 2.05) is 30.3 Å². The van der Waals surface area contributed by atoms with Crippen molar-refractivity contribution in [2.75, 3.05) is 13.1 Å². The fraction of sp³-hybridized carbons (Fsp3) is 0.393. The molecule has 210 valence electrons. The predicted octanol–water partition coefficient (Wildman–Crippen LogP) is 0.379. The maximum atomic E-state index is 13.3. The van der Waals surface area contributed by atoms with E-state index < -0.39 is 35.8 Å². The van der Waals surface area contributed by atoms with Crippen LogP contribution in [0.4, 0.5) is 0 Å². The van der Waals surface area contributed by atoms with Gasteiger partial charge in [0.05, 0.1) is 6.04 Å². The van der Waals surface area contributed by atoms with E-state index in [0.29, 0.717) is 50.5 Å². The average Bonchev–Trinajstić information content (AvgIpc) is 2.94. The molecule has 3 atom stereocenters. The van der Waals surface area contributed by atoms with E-state index in [4.69, 9.17) is 17.2 Å². The fourth-order valence-corrected chi connectivity index (χ4v) is 3.92. The Balaban J connectivity index is 2.15. The Labute approximate surface area is 229 Å². The van der Waals surface area contributed by atoms with E-state index in [0.717, 1.165) is 5.56 Å². The molecule has 0 aromatic heterocycles. The van der Waals surface area contributed by atoms with Gasteiger partial charge in [0.25, 0.3) is 5.91 Å². The SMILES string of the molecule is NCCCC[C@H](NC(=O)c1ccccc1)C(=O)N[C@@H](CCCN=C(N)N)C(=O)N[C@H](C=O)Cc1ccccc1. The second-order valence-electron chi connectivity index (χ2n) is 9.13. The van der Waals surface area contributed by atoms with Crippen molar-refractivity contribution in [3.63, 3.8) is 0 Å². The average molecular weight is 538 g/mol. The maximum absolute atomic E-state index is 13.3. The van der Waals surface area contributed by atoms with Crippen LogP contribution >= 0.6 is 0 Å².